The minimum absolute atomic E-state index is 0.0444. The maximum atomic E-state index is 13.4. The third-order valence-corrected chi connectivity index (χ3v) is 5.11. The zero-order valence-electron chi connectivity index (χ0n) is 15.3. The number of halogens is 2. The van der Waals surface area contributed by atoms with E-state index in [2.05, 4.69) is 16.0 Å². The summed E-state index contributed by atoms with van der Waals surface area (Å²) in [6.07, 6.45) is -3.20. The molecule has 2 aromatic rings. The van der Waals surface area contributed by atoms with Gasteiger partial charge in [-0.1, -0.05) is 18.7 Å². The molecule has 5 nitrogen and oxygen atoms in total. The van der Waals surface area contributed by atoms with Gasteiger partial charge in [0.1, 0.15) is 16.4 Å². The van der Waals surface area contributed by atoms with Crippen LogP contribution in [0.2, 0.25) is 0 Å². The lowest BCUT2D eigenvalue weighted by atomic mass is 10.2. The Bertz CT molecular complexity index is 943. The standard InChI is InChI=1S/C19H21F2NO4S/c1-5-19(20,21)26-16-9-7-8-15(14(16)4)22-27(23,24)18-11-10-13(3)12-17(18)25-6-2/h5,7-12,22H,1,6H2,2-4H3. The zero-order valence-corrected chi connectivity index (χ0v) is 16.1. The molecular weight excluding hydrogens is 376 g/mol. The van der Waals surface area contributed by atoms with Crippen LogP contribution in [0, 0.1) is 13.8 Å². The first-order chi connectivity index (χ1) is 12.6. The van der Waals surface area contributed by atoms with Gasteiger partial charge in [-0.25, -0.2) is 8.42 Å². The van der Waals surface area contributed by atoms with E-state index in [-0.39, 0.29) is 27.6 Å². The summed E-state index contributed by atoms with van der Waals surface area (Å²) in [7, 11) is -4.01. The number of benzene rings is 2. The van der Waals surface area contributed by atoms with Gasteiger partial charge in [0.25, 0.3) is 10.0 Å². The minimum Gasteiger partial charge on any atom is -0.492 e. The van der Waals surface area contributed by atoms with E-state index in [1.807, 2.05) is 6.92 Å². The second-order valence-corrected chi connectivity index (χ2v) is 7.44. The Kier molecular flexibility index (Phi) is 6.10. The molecule has 0 atom stereocenters. The molecule has 2 aromatic carbocycles. The Morgan fingerprint density at radius 1 is 1.19 bits per heavy atom. The van der Waals surface area contributed by atoms with Gasteiger partial charge in [-0.2, -0.15) is 8.78 Å². The molecule has 0 spiro atoms. The van der Waals surface area contributed by atoms with E-state index in [0.717, 1.165) is 5.56 Å². The number of nitrogens with one attached hydrogen (secondary N) is 1. The van der Waals surface area contributed by atoms with Crippen molar-refractivity contribution < 1.29 is 26.7 Å². The number of alkyl halides is 2. The number of sulfonamides is 1. The Hall–Kier alpha value is -2.61. The summed E-state index contributed by atoms with van der Waals surface area (Å²) in [5.74, 6) is 0.0577. The van der Waals surface area contributed by atoms with Crippen LogP contribution in [0.25, 0.3) is 0 Å². The van der Waals surface area contributed by atoms with Crippen molar-refractivity contribution in [3.63, 3.8) is 0 Å². The molecule has 2 rings (SSSR count). The Morgan fingerprint density at radius 3 is 2.52 bits per heavy atom. The predicted molar refractivity (Wildman–Crippen MR) is 100 cm³/mol. The van der Waals surface area contributed by atoms with Crippen molar-refractivity contribution in [2.45, 2.75) is 31.8 Å². The first-order valence-electron chi connectivity index (χ1n) is 8.16. The molecule has 0 aliphatic carbocycles. The molecule has 0 amide bonds. The van der Waals surface area contributed by atoms with Gasteiger partial charge in [-0.15, -0.1) is 0 Å². The van der Waals surface area contributed by atoms with Crippen molar-refractivity contribution in [3.05, 3.63) is 60.2 Å². The summed E-state index contributed by atoms with van der Waals surface area (Å²) in [5.41, 5.74) is 1.18. The smallest absolute Gasteiger partial charge is 0.419 e. The molecule has 0 bridgehead atoms. The van der Waals surface area contributed by atoms with Gasteiger partial charge in [0.15, 0.2) is 0 Å². The van der Waals surface area contributed by atoms with Gasteiger partial charge < -0.3 is 9.47 Å². The van der Waals surface area contributed by atoms with Gasteiger partial charge in [0, 0.05) is 11.6 Å². The number of hydrogen-bond donors (Lipinski definition) is 1. The van der Waals surface area contributed by atoms with Crippen molar-refractivity contribution in [2.75, 3.05) is 11.3 Å². The van der Waals surface area contributed by atoms with E-state index in [9.17, 15) is 17.2 Å². The summed E-state index contributed by atoms with van der Waals surface area (Å²) < 4.78 is 64.9. The van der Waals surface area contributed by atoms with Crippen LogP contribution in [-0.2, 0) is 10.0 Å². The summed E-state index contributed by atoms with van der Waals surface area (Å²) in [4.78, 5) is -0.0444. The number of ether oxygens (including phenoxy) is 2. The van der Waals surface area contributed by atoms with E-state index in [4.69, 9.17) is 4.74 Å². The van der Waals surface area contributed by atoms with Crippen LogP contribution in [0.3, 0.4) is 0 Å². The molecule has 8 heteroatoms. The van der Waals surface area contributed by atoms with Crippen LogP contribution in [0.5, 0.6) is 11.5 Å². The van der Waals surface area contributed by atoms with Crippen molar-refractivity contribution in [1.82, 2.24) is 0 Å². The van der Waals surface area contributed by atoms with Gasteiger partial charge in [0.05, 0.1) is 12.3 Å². The Labute approximate surface area is 157 Å². The van der Waals surface area contributed by atoms with Crippen molar-refractivity contribution >= 4 is 15.7 Å². The summed E-state index contributed by atoms with van der Waals surface area (Å²) >= 11 is 0. The van der Waals surface area contributed by atoms with Crippen molar-refractivity contribution in [1.29, 1.82) is 0 Å². The molecule has 0 radical (unpaired) electrons. The first kappa shape index (κ1) is 20.7. The topological polar surface area (TPSA) is 64.6 Å². The molecule has 1 N–H and O–H groups in total. The van der Waals surface area contributed by atoms with Crippen molar-refractivity contribution in [2.24, 2.45) is 0 Å². The van der Waals surface area contributed by atoms with Crippen LogP contribution in [0.4, 0.5) is 14.5 Å². The van der Waals surface area contributed by atoms with E-state index < -0.39 is 16.1 Å². The molecule has 0 unspecified atom stereocenters. The third kappa shape index (κ3) is 4.97. The maximum Gasteiger partial charge on any atom is 0.419 e. The molecule has 0 heterocycles. The van der Waals surface area contributed by atoms with Crippen molar-refractivity contribution in [3.8, 4) is 11.5 Å². The quantitative estimate of drug-likeness (QED) is 0.658. The van der Waals surface area contributed by atoms with Gasteiger partial charge in [0.2, 0.25) is 0 Å². The third-order valence-electron chi connectivity index (χ3n) is 3.70. The number of rotatable bonds is 8. The molecule has 0 aliphatic heterocycles. The predicted octanol–water partition coefficient (Wildman–Crippen LogP) is 4.66. The van der Waals surface area contributed by atoms with Crippen LogP contribution >= 0.6 is 0 Å². The SMILES string of the molecule is C=CC(F)(F)Oc1cccc(NS(=O)(=O)c2ccc(C)cc2OCC)c1C. The highest BCUT2D eigenvalue weighted by Gasteiger charge is 2.28. The molecule has 0 aromatic heterocycles. The fourth-order valence-corrected chi connectivity index (χ4v) is 3.58. The lowest BCUT2D eigenvalue weighted by molar-refractivity contribution is -0.131. The molecule has 0 saturated heterocycles. The molecular formula is C19H21F2NO4S. The molecule has 0 fully saturated rings. The number of hydrogen-bond acceptors (Lipinski definition) is 4. The average molecular weight is 397 g/mol. The summed E-state index contributed by atoms with van der Waals surface area (Å²) in [5, 5.41) is 0. The highest BCUT2D eigenvalue weighted by atomic mass is 32.2. The van der Waals surface area contributed by atoms with E-state index in [1.165, 1.54) is 31.2 Å². The fraction of sp³-hybridized carbons (Fsp3) is 0.263. The van der Waals surface area contributed by atoms with Crippen LogP contribution < -0.4 is 14.2 Å². The van der Waals surface area contributed by atoms with Crippen LogP contribution in [-0.4, -0.2) is 21.1 Å². The van der Waals surface area contributed by atoms with Gasteiger partial charge >= 0.3 is 6.11 Å². The first-order valence-corrected chi connectivity index (χ1v) is 9.64. The van der Waals surface area contributed by atoms with Crippen LogP contribution in [0.1, 0.15) is 18.1 Å². The highest BCUT2D eigenvalue weighted by Crippen LogP contribution is 2.33. The minimum atomic E-state index is -4.01. The Morgan fingerprint density at radius 2 is 1.89 bits per heavy atom. The van der Waals surface area contributed by atoms with E-state index in [0.29, 0.717) is 12.7 Å². The lowest BCUT2D eigenvalue weighted by Crippen LogP contribution is -2.22. The summed E-state index contributed by atoms with van der Waals surface area (Å²) in [6, 6.07) is 8.90. The maximum absolute atomic E-state index is 13.4. The average Bonchev–Trinajstić information content (AvgIpc) is 2.58. The van der Waals surface area contributed by atoms with E-state index in [1.54, 1.807) is 19.1 Å². The summed E-state index contributed by atoms with van der Waals surface area (Å²) in [6.45, 7) is 8.35. The monoisotopic (exact) mass is 397 g/mol. The van der Waals surface area contributed by atoms with Crippen LogP contribution in [0.15, 0.2) is 53.9 Å². The normalized spacial score (nSPS) is 11.7. The lowest BCUT2D eigenvalue weighted by Gasteiger charge is -2.18. The molecule has 0 aliphatic rings. The molecule has 27 heavy (non-hydrogen) atoms. The van der Waals surface area contributed by atoms with Gasteiger partial charge in [-0.3, -0.25) is 4.72 Å². The fourth-order valence-electron chi connectivity index (χ4n) is 2.33. The van der Waals surface area contributed by atoms with E-state index >= 15 is 0 Å². The second kappa shape index (κ2) is 7.96. The van der Waals surface area contributed by atoms with Gasteiger partial charge in [-0.05, 0) is 50.6 Å². The zero-order chi connectivity index (χ0) is 20.2. The largest absolute Gasteiger partial charge is 0.492 e. The molecule has 0 saturated carbocycles. The molecule has 146 valence electrons. The second-order valence-electron chi connectivity index (χ2n) is 5.79. The number of anilines is 1. The highest BCUT2D eigenvalue weighted by molar-refractivity contribution is 7.92. The number of aryl methyl sites for hydroxylation is 1. The Balaban J connectivity index is 2.41.